The lowest BCUT2D eigenvalue weighted by molar-refractivity contribution is -0.287. The van der Waals surface area contributed by atoms with Gasteiger partial charge < -0.3 is 28.4 Å². The van der Waals surface area contributed by atoms with Gasteiger partial charge in [0.15, 0.2) is 24.1 Å². The van der Waals surface area contributed by atoms with Crippen LogP contribution in [-0.2, 0) is 42.9 Å². The van der Waals surface area contributed by atoms with Crippen LogP contribution in [-0.4, -0.2) is 61.7 Å². The van der Waals surface area contributed by atoms with Gasteiger partial charge in [-0.05, 0) is 74.4 Å². The highest BCUT2D eigenvalue weighted by atomic mass is 35.5. The van der Waals surface area contributed by atoms with E-state index < -0.39 is 70.8 Å². The molecule has 2 rings (SSSR count). The van der Waals surface area contributed by atoms with Gasteiger partial charge in [-0.15, -0.1) is 0 Å². The van der Waals surface area contributed by atoms with Crippen molar-refractivity contribution in [3.63, 3.8) is 0 Å². The molecule has 0 N–H and O–H groups in total. The number of rotatable bonds is 6. The molecule has 0 amide bonds. The van der Waals surface area contributed by atoms with Crippen molar-refractivity contribution in [2.75, 3.05) is 7.11 Å². The summed E-state index contributed by atoms with van der Waals surface area (Å²) in [6, 6.07) is 4.60. The van der Waals surface area contributed by atoms with Gasteiger partial charge in [-0.1, -0.05) is 29.3 Å². The molecular formula is C28H38Cl2O10. The lowest BCUT2D eigenvalue weighted by Gasteiger charge is -2.45. The van der Waals surface area contributed by atoms with E-state index in [2.05, 4.69) is 0 Å². The van der Waals surface area contributed by atoms with Gasteiger partial charge in [0, 0.05) is 0 Å². The average Bonchev–Trinajstić information content (AvgIpc) is 2.81. The van der Waals surface area contributed by atoms with Crippen LogP contribution in [0.4, 0.5) is 0 Å². The monoisotopic (exact) mass is 604 g/mol. The van der Waals surface area contributed by atoms with Crippen molar-refractivity contribution in [3.05, 3.63) is 28.2 Å². The summed E-state index contributed by atoms with van der Waals surface area (Å²) in [6.45, 7) is 14.5. The summed E-state index contributed by atoms with van der Waals surface area (Å²) in [5.41, 5.74) is -3.06. The Morgan fingerprint density at radius 2 is 1.10 bits per heavy atom. The van der Waals surface area contributed by atoms with E-state index in [-0.39, 0.29) is 15.8 Å². The quantitative estimate of drug-likeness (QED) is 0.318. The first kappa shape index (κ1) is 33.6. The number of ether oxygens (including phenoxy) is 6. The predicted molar refractivity (Wildman–Crippen MR) is 146 cm³/mol. The number of carbonyl (C=O) groups excluding carboxylic acids is 4. The highest BCUT2D eigenvalue weighted by Gasteiger charge is 2.57. The second kappa shape index (κ2) is 12.5. The molecule has 1 aliphatic heterocycles. The first-order chi connectivity index (χ1) is 18.2. The SMILES string of the molecule is COC(=O)[C@H]1O[C@@H](Oc2c(Cl)cccc2Cl)[C@H](OC(=O)C(C)(C)C)[C@@H](OC(=O)C(C)(C)C)[C@@H]1OC(=O)C(C)(C)C. The molecule has 5 atom stereocenters. The first-order valence-corrected chi connectivity index (χ1v) is 13.4. The first-order valence-electron chi connectivity index (χ1n) is 12.7. The highest BCUT2D eigenvalue weighted by molar-refractivity contribution is 6.37. The van der Waals surface area contributed by atoms with Crippen LogP contribution in [0.3, 0.4) is 0 Å². The van der Waals surface area contributed by atoms with Crippen LogP contribution in [0.1, 0.15) is 62.3 Å². The molecule has 1 fully saturated rings. The van der Waals surface area contributed by atoms with Crippen LogP contribution < -0.4 is 4.74 Å². The molecule has 0 bridgehead atoms. The zero-order valence-electron chi connectivity index (χ0n) is 24.5. The van der Waals surface area contributed by atoms with Gasteiger partial charge in [-0.2, -0.15) is 0 Å². The van der Waals surface area contributed by atoms with Crippen molar-refractivity contribution in [2.24, 2.45) is 16.2 Å². The Balaban J connectivity index is 2.75. The molecule has 0 aromatic heterocycles. The Morgan fingerprint density at radius 1 is 0.700 bits per heavy atom. The van der Waals surface area contributed by atoms with Crippen molar-refractivity contribution in [1.29, 1.82) is 0 Å². The maximum absolute atomic E-state index is 13.2. The Kier molecular flexibility index (Phi) is 10.5. The Morgan fingerprint density at radius 3 is 1.50 bits per heavy atom. The fourth-order valence-corrected chi connectivity index (χ4v) is 3.70. The molecule has 0 saturated carbocycles. The highest BCUT2D eigenvalue weighted by Crippen LogP contribution is 2.38. The average molecular weight is 606 g/mol. The van der Waals surface area contributed by atoms with E-state index in [0.717, 1.165) is 7.11 Å². The van der Waals surface area contributed by atoms with Crippen LogP contribution in [0.15, 0.2) is 18.2 Å². The Hall–Kier alpha value is -2.56. The fourth-order valence-electron chi connectivity index (χ4n) is 3.21. The summed E-state index contributed by atoms with van der Waals surface area (Å²) in [6.07, 6.45) is -7.93. The molecule has 1 aromatic rings. The van der Waals surface area contributed by atoms with Crippen LogP contribution >= 0.6 is 23.2 Å². The minimum atomic E-state index is -1.65. The molecule has 1 heterocycles. The van der Waals surface area contributed by atoms with E-state index >= 15 is 0 Å². The van der Waals surface area contributed by atoms with Crippen LogP contribution in [0.25, 0.3) is 0 Å². The molecule has 1 aromatic carbocycles. The summed E-state index contributed by atoms with van der Waals surface area (Å²) < 4.78 is 34.2. The number of benzene rings is 1. The number of carbonyl (C=O) groups is 4. The molecule has 0 unspecified atom stereocenters. The normalized spacial score (nSPS) is 23.6. The van der Waals surface area contributed by atoms with E-state index in [4.69, 9.17) is 51.6 Å². The largest absolute Gasteiger partial charge is 0.467 e. The van der Waals surface area contributed by atoms with E-state index in [1.807, 2.05) is 0 Å². The summed E-state index contributed by atoms with van der Waals surface area (Å²) in [5, 5.41) is 0.187. The molecule has 0 spiro atoms. The number of para-hydroxylation sites is 1. The zero-order valence-corrected chi connectivity index (χ0v) is 26.0. The van der Waals surface area contributed by atoms with Crippen molar-refractivity contribution in [3.8, 4) is 5.75 Å². The minimum absolute atomic E-state index is 0.0395. The fraction of sp³-hybridized carbons (Fsp3) is 0.643. The van der Waals surface area contributed by atoms with Gasteiger partial charge in [0.25, 0.3) is 0 Å². The molecule has 0 aliphatic carbocycles. The standard InChI is InChI=1S/C28H38Cl2O10/c1-26(2,3)23(32)38-17-18(39-24(33)27(4,5)6)20(40-25(34)28(7,8)9)22(37-19(17)21(31)35-10)36-16-14(29)12-11-13-15(16)30/h11-13,17-20,22H,1-10H3/t17-,18-,19-,20+,22+/m0/s1. The van der Waals surface area contributed by atoms with E-state index in [9.17, 15) is 19.2 Å². The summed E-state index contributed by atoms with van der Waals surface area (Å²) in [7, 11) is 1.11. The third kappa shape index (κ3) is 8.24. The predicted octanol–water partition coefficient (Wildman–Crippen LogP) is 5.14. The maximum Gasteiger partial charge on any atom is 0.339 e. The number of halogens is 2. The summed E-state index contributed by atoms with van der Waals surface area (Å²) >= 11 is 12.6. The Labute approximate surface area is 244 Å². The molecule has 1 saturated heterocycles. The van der Waals surface area contributed by atoms with Crippen molar-refractivity contribution >= 4 is 47.1 Å². The number of hydrogen-bond acceptors (Lipinski definition) is 10. The summed E-state index contributed by atoms with van der Waals surface area (Å²) in [4.78, 5) is 52.3. The van der Waals surface area contributed by atoms with Gasteiger partial charge in [-0.25, -0.2) is 4.79 Å². The number of hydrogen-bond donors (Lipinski definition) is 0. The van der Waals surface area contributed by atoms with Crippen molar-refractivity contribution in [2.45, 2.75) is 93.0 Å². The maximum atomic E-state index is 13.2. The van der Waals surface area contributed by atoms with E-state index in [1.165, 1.54) is 12.1 Å². The van der Waals surface area contributed by atoms with Crippen molar-refractivity contribution in [1.82, 2.24) is 0 Å². The van der Waals surface area contributed by atoms with Crippen LogP contribution in [0, 0.1) is 16.2 Å². The molecule has 0 radical (unpaired) electrons. The topological polar surface area (TPSA) is 124 Å². The molecule has 224 valence electrons. The zero-order chi connectivity index (χ0) is 30.8. The summed E-state index contributed by atoms with van der Waals surface area (Å²) in [5.74, 6) is -3.17. The third-order valence-corrected chi connectivity index (χ3v) is 6.24. The van der Waals surface area contributed by atoms with Gasteiger partial charge in [0.05, 0.1) is 33.4 Å². The second-order valence-electron chi connectivity index (χ2n) is 12.5. The second-order valence-corrected chi connectivity index (χ2v) is 13.3. The minimum Gasteiger partial charge on any atom is -0.467 e. The third-order valence-electron chi connectivity index (χ3n) is 5.65. The Bertz CT molecular complexity index is 1090. The van der Waals surface area contributed by atoms with Crippen LogP contribution in [0.2, 0.25) is 10.0 Å². The van der Waals surface area contributed by atoms with Gasteiger partial charge >= 0.3 is 23.9 Å². The smallest absolute Gasteiger partial charge is 0.339 e. The molecule has 1 aliphatic rings. The molecule has 10 nitrogen and oxygen atoms in total. The van der Waals surface area contributed by atoms with Gasteiger partial charge in [-0.3, -0.25) is 14.4 Å². The van der Waals surface area contributed by atoms with Gasteiger partial charge in [0.1, 0.15) is 0 Å². The molecular weight excluding hydrogens is 567 g/mol. The van der Waals surface area contributed by atoms with Crippen LogP contribution in [0.5, 0.6) is 5.75 Å². The lowest BCUT2D eigenvalue weighted by Crippen LogP contribution is -2.65. The number of methoxy groups -OCH3 is 1. The van der Waals surface area contributed by atoms with Crippen molar-refractivity contribution < 1.29 is 47.6 Å². The lowest BCUT2D eigenvalue weighted by atomic mass is 9.93. The van der Waals surface area contributed by atoms with Gasteiger partial charge in [0.2, 0.25) is 12.4 Å². The number of esters is 4. The van der Waals surface area contributed by atoms with E-state index in [0.29, 0.717) is 0 Å². The van der Waals surface area contributed by atoms with E-state index in [1.54, 1.807) is 68.4 Å². The molecule has 12 heteroatoms. The molecule has 40 heavy (non-hydrogen) atoms.